The van der Waals surface area contributed by atoms with Crippen LogP contribution >= 0.6 is 24.0 Å². The van der Waals surface area contributed by atoms with Crippen LogP contribution in [-0.2, 0) is 13.1 Å². The molecule has 1 aliphatic heterocycles. The molecule has 1 fully saturated rings. The number of guanidine groups is 1. The zero-order chi connectivity index (χ0) is 15.8. The van der Waals surface area contributed by atoms with E-state index in [1.54, 1.807) is 0 Å². The molecule has 1 unspecified atom stereocenters. The van der Waals surface area contributed by atoms with Gasteiger partial charge in [-0.2, -0.15) is 0 Å². The molecule has 1 atom stereocenters. The maximum Gasteiger partial charge on any atom is 0.188 e. The number of hydrogen-bond donors (Lipinski definition) is 2. The van der Waals surface area contributed by atoms with Crippen molar-refractivity contribution >= 4 is 29.9 Å². The first-order valence-corrected chi connectivity index (χ1v) is 8.54. The summed E-state index contributed by atoms with van der Waals surface area (Å²) in [7, 11) is 0. The minimum Gasteiger partial charge on any atom is -0.370 e. The standard InChI is InChI=1S/C18H30N4.HI/c1-3-11-20-18(19)21-13-16-7-9-17(10-8-16)14-22-12-5-4-6-15(22)2;/h7-10,15H,3-6,11-14H2,1-2H3,(H3,19,20,21);1H. The number of rotatable bonds is 6. The molecule has 2 rings (SSSR count). The third kappa shape index (κ3) is 7.08. The average Bonchev–Trinajstić information content (AvgIpc) is 2.54. The van der Waals surface area contributed by atoms with E-state index in [9.17, 15) is 0 Å². The van der Waals surface area contributed by atoms with Gasteiger partial charge in [-0.3, -0.25) is 4.90 Å². The number of hydrogen-bond acceptors (Lipinski definition) is 2. The molecule has 1 aromatic rings. The monoisotopic (exact) mass is 430 g/mol. The molecule has 0 spiro atoms. The fourth-order valence-electron chi connectivity index (χ4n) is 2.86. The molecular weight excluding hydrogens is 399 g/mol. The van der Waals surface area contributed by atoms with Crippen molar-refractivity contribution < 1.29 is 0 Å². The molecule has 1 aliphatic rings. The third-order valence-corrected chi connectivity index (χ3v) is 4.34. The van der Waals surface area contributed by atoms with E-state index in [-0.39, 0.29) is 24.0 Å². The Kier molecular flexibility index (Phi) is 9.55. The van der Waals surface area contributed by atoms with E-state index >= 15 is 0 Å². The number of nitrogens with zero attached hydrogens (tertiary/aromatic N) is 2. The summed E-state index contributed by atoms with van der Waals surface area (Å²) in [5.74, 6) is 0.535. The maximum absolute atomic E-state index is 5.81. The molecule has 1 saturated heterocycles. The zero-order valence-corrected chi connectivity index (χ0v) is 16.8. The number of nitrogens with one attached hydrogen (secondary N) is 1. The highest BCUT2D eigenvalue weighted by Gasteiger charge is 2.17. The molecule has 3 N–H and O–H groups in total. The van der Waals surface area contributed by atoms with Gasteiger partial charge in [0.2, 0.25) is 0 Å². The molecule has 0 amide bonds. The summed E-state index contributed by atoms with van der Waals surface area (Å²) in [6.07, 6.45) is 5.10. The van der Waals surface area contributed by atoms with Gasteiger partial charge in [0.05, 0.1) is 6.54 Å². The largest absolute Gasteiger partial charge is 0.370 e. The van der Waals surface area contributed by atoms with Gasteiger partial charge in [0.25, 0.3) is 0 Å². The molecule has 0 radical (unpaired) electrons. The van der Waals surface area contributed by atoms with Gasteiger partial charge in [0, 0.05) is 19.1 Å². The Bertz CT molecular complexity index is 472. The molecule has 0 aliphatic carbocycles. The molecule has 130 valence electrons. The third-order valence-electron chi connectivity index (χ3n) is 4.34. The molecular formula is C18H31IN4. The average molecular weight is 430 g/mol. The number of likely N-dealkylation sites (tertiary alicyclic amines) is 1. The van der Waals surface area contributed by atoms with Crippen molar-refractivity contribution in [2.24, 2.45) is 10.7 Å². The molecule has 1 heterocycles. The summed E-state index contributed by atoms with van der Waals surface area (Å²) in [5.41, 5.74) is 8.40. The van der Waals surface area contributed by atoms with Gasteiger partial charge in [0.15, 0.2) is 5.96 Å². The lowest BCUT2D eigenvalue weighted by molar-refractivity contribution is 0.152. The van der Waals surface area contributed by atoms with Crippen LogP contribution in [0.25, 0.3) is 0 Å². The van der Waals surface area contributed by atoms with Gasteiger partial charge in [-0.1, -0.05) is 37.6 Å². The number of halogens is 1. The SMILES string of the molecule is CCCNC(N)=NCc1ccc(CN2CCCCC2C)cc1.I. The van der Waals surface area contributed by atoms with E-state index in [0.29, 0.717) is 18.5 Å². The second-order valence-electron chi connectivity index (χ2n) is 6.26. The molecule has 4 nitrogen and oxygen atoms in total. The van der Waals surface area contributed by atoms with E-state index in [1.165, 1.54) is 36.9 Å². The summed E-state index contributed by atoms with van der Waals surface area (Å²) in [5, 5.41) is 3.09. The van der Waals surface area contributed by atoms with Gasteiger partial charge < -0.3 is 11.1 Å². The Morgan fingerprint density at radius 3 is 2.61 bits per heavy atom. The van der Waals surface area contributed by atoms with Gasteiger partial charge in [-0.05, 0) is 43.9 Å². The van der Waals surface area contributed by atoms with Crippen molar-refractivity contribution in [1.29, 1.82) is 0 Å². The van der Waals surface area contributed by atoms with Crippen LogP contribution in [0.3, 0.4) is 0 Å². The fourth-order valence-corrected chi connectivity index (χ4v) is 2.86. The molecule has 0 aromatic heterocycles. The van der Waals surface area contributed by atoms with E-state index in [1.807, 2.05) is 0 Å². The van der Waals surface area contributed by atoms with Crippen molar-refractivity contribution in [3.63, 3.8) is 0 Å². The quantitative estimate of drug-likeness (QED) is 0.413. The molecule has 0 bridgehead atoms. The molecule has 5 heteroatoms. The Morgan fingerprint density at radius 2 is 1.96 bits per heavy atom. The van der Waals surface area contributed by atoms with Crippen LogP contribution in [0.1, 0.15) is 50.7 Å². The number of benzene rings is 1. The second kappa shape index (κ2) is 10.9. The predicted octanol–water partition coefficient (Wildman–Crippen LogP) is 3.49. The summed E-state index contributed by atoms with van der Waals surface area (Å²) >= 11 is 0. The zero-order valence-electron chi connectivity index (χ0n) is 14.4. The van der Waals surface area contributed by atoms with Crippen LogP contribution in [-0.4, -0.2) is 30.0 Å². The summed E-state index contributed by atoms with van der Waals surface area (Å²) in [4.78, 5) is 6.95. The van der Waals surface area contributed by atoms with Crippen LogP contribution < -0.4 is 11.1 Å². The van der Waals surface area contributed by atoms with Crippen molar-refractivity contribution in [2.75, 3.05) is 13.1 Å². The highest BCUT2D eigenvalue weighted by molar-refractivity contribution is 14.0. The first-order chi connectivity index (χ1) is 10.7. The van der Waals surface area contributed by atoms with Crippen LogP contribution in [0.4, 0.5) is 0 Å². The van der Waals surface area contributed by atoms with Gasteiger partial charge in [-0.15, -0.1) is 24.0 Å². The van der Waals surface area contributed by atoms with Crippen molar-refractivity contribution in [3.8, 4) is 0 Å². The predicted molar refractivity (Wildman–Crippen MR) is 109 cm³/mol. The Balaban J connectivity index is 0.00000264. The lowest BCUT2D eigenvalue weighted by Crippen LogP contribution is -2.36. The normalized spacial score (nSPS) is 19.2. The Hall–Kier alpha value is -0.820. The lowest BCUT2D eigenvalue weighted by atomic mass is 10.0. The summed E-state index contributed by atoms with van der Waals surface area (Å²) < 4.78 is 0. The van der Waals surface area contributed by atoms with Crippen molar-refractivity contribution in [3.05, 3.63) is 35.4 Å². The minimum atomic E-state index is 0. The van der Waals surface area contributed by atoms with E-state index < -0.39 is 0 Å². The summed E-state index contributed by atoms with van der Waals surface area (Å²) in [6.45, 7) is 8.26. The van der Waals surface area contributed by atoms with Crippen LogP contribution in [0.2, 0.25) is 0 Å². The molecule has 23 heavy (non-hydrogen) atoms. The van der Waals surface area contributed by atoms with Gasteiger partial charge >= 0.3 is 0 Å². The first kappa shape index (κ1) is 20.2. The van der Waals surface area contributed by atoms with Gasteiger partial charge in [-0.25, -0.2) is 4.99 Å². The maximum atomic E-state index is 5.81. The topological polar surface area (TPSA) is 53.6 Å². The van der Waals surface area contributed by atoms with Crippen LogP contribution in [0.5, 0.6) is 0 Å². The first-order valence-electron chi connectivity index (χ1n) is 8.54. The highest BCUT2D eigenvalue weighted by Crippen LogP contribution is 2.19. The van der Waals surface area contributed by atoms with E-state index in [4.69, 9.17) is 5.73 Å². The van der Waals surface area contributed by atoms with E-state index in [0.717, 1.165) is 19.5 Å². The lowest BCUT2D eigenvalue weighted by Gasteiger charge is -2.33. The van der Waals surface area contributed by atoms with Gasteiger partial charge in [0.1, 0.15) is 0 Å². The number of aliphatic imine (C=N–C) groups is 1. The van der Waals surface area contributed by atoms with Crippen molar-refractivity contribution in [1.82, 2.24) is 10.2 Å². The number of nitrogens with two attached hydrogens (primary N) is 1. The highest BCUT2D eigenvalue weighted by atomic mass is 127. The van der Waals surface area contributed by atoms with Crippen LogP contribution in [0.15, 0.2) is 29.3 Å². The van der Waals surface area contributed by atoms with E-state index in [2.05, 4.69) is 53.3 Å². The Morgan fingerprint density at radius 1 is 1.26 bits per heavy atom. The number of piperidine rings is 1. The molecule has 1 aromatic carbocycles. The molecule has 0 saturated carbocycles. The fraction of sp³-hybridized carbons (Fsp3) is 0.611. The second-order valence-corrected chi connectivity index (χ2v) is 6.26. The summed E-state index contributed by atoms with van der Waals surface area (Å²) in [6, 6.07) is 9.49. The minimum absolute atomic E-state index is 0. The Labute approximate surface area is 157 Å². The van der Waals surface area contributed by atoms with Crippen molar-refractivity contribution in [2.45, 2.75) is 58.7 Å². The van der Waals surface area contributed by atoms with Crippen LogP contribution in [0, 0.1) is 0 Å². The smallest absolute Gasteiger partial charge is 0.188 e.